The van der Waals surface area contributed by atoms with Gasteiger partial charge in [-0.15, -0.1) is 0 Å². The molecule has 0 fully saturated rings. The summed E-state index contributed by atoms with van der Waals surface area (Å²) >= 11 is 0. The predicted molar refractivity (Wildman–Crippen MR) is 72.3 cm³/mol. The number of fused-ring (bicyclic) bond motifs is 1. The van der Waals surface area contributed by atoms with Gasteiger partial charge in [0.1, 0.15) is 0 Å². The van der Waals surface area contributed by atoms with Gasteiger partial charge in [-0.2, -0.15) is 5.26 Å². The van der Waals surface area contributed by atoms with Crippen LogP contribution in [0.4, 0.5) is 0 Å². The number of ketones is 1. The highest BCUT2D eigenvalue weighted by molar-refractivity contribution is 5.99. The fraction of sp³-hybridized carbons (Fsp3) is 0.312. The number of nitriles is 1. The van der Waals surface area contributed by atoms with Crippen molar-refractivity contribution in [3.8, 4) is 6.07 Å². The van der Waals surface area contributed by atoms with E-state index in [1.54, 1.807) is 12.1 Å². The van der Waals surface area contributed by atoms with Crippen LogP contribution in [0.3, 0.4) is 0 Å². The third-order valence-corrected chi connectivity index (χ3v) is 3.64. The molecule has 1 unspecified atom stereocenters. The molecule has 3 rings (SSSR count). The second-order valence-electron chi connectivity index (χ2n) is 5.35. The molecular weight excluding hydrogens is 252 g/mol. The Hall–Kier alpha value is -2.41. The zero-order chi connectivity index (χ0) is 14.1. The Morgan fingerprint density at radius 2 is 2.10 bits per heavy atom. The van der Waals surface area contributed by atoms with Gasteiger partial charge in [0.05, 0.1) is 22.9 Å². The van der Waals surface area contributed by atoms with E-state index >= 15 is 0 Å². The van der Waals surface area contributed by atoms with Crippen molar-refractivity contribution in [2.45, 2.75) is 26.2 Å². The van der Waals surface area contributed by atoms with Crippen molar-refractivity contribution in [3.05, 3.63) is 52.4 Å². The molecule has 0 saturated carbocycles. The molecule has 1 aromatic heterocycles. The van der Waals surface area contributed by atoms with E-state index in [0.717, 1.165) is 17.7 Å². The summed E-state index contributed by atoms with van der Waals surface area (Å²) in [5, 5.41) is 12.8. The molecular formula is C16H14N2O2. The minimum absolute atomic E-state index is 0.128. The molecule has 0 amide bonds. The number of carbonyl (C=O) groups is 1. The highest BCUT2D eigenvalue weighted by Crippen LogP contribution is 2.28. The first-order valence-electron chi connectivity index (χ1n) is 6.67. The highest BCUT2D eigenvalue weighted by Gasteiger charge is 2.29. The number of rotatable bonds is 2. The number of hydrogen-bond acceptors (Lipinski definition) is 4. The molecule has 4 nitrogen and oxygen atoms in total. The van der Waals surface area contributed by atoms with E-state index in [0.29, 0.717) is 35.6 Å². The topological polar surface area (TPSA) is 66.9 Å². The molecule has 1 aromatic carbocycles. The molecule has 0 saturated heterocycles. The summed E-state index contributed by atoms with van der Waals surface area (Å²) in [7, 11) is 0. The van der Waals surface area contributed by atoms with Gasteiger partial charge in [-0.05, 0) is 30.0 Å². The summed E-state index contributed by atoms with van der Waals surface area (Å²) in [5.74, 6) is 1.10. The second-order valence-corrected chi connectivity index (χ2v) is 5.35. The van der Waals surface area contributed by atoms with Crippen molar-refractivity contribution in [2.24, 2.45) is 5.92 Å². The maximum Gasteiger partial charge on any atom is 0.168 e. The molecule has 0 aliphatic heterocycles. The molecule has 2 aromatic rings. The van der Waals surface area contributed by atoms with Crippen molar-refractivity contribution >= 4 is 5.78 Å². The molecule has 1 aliphatic carbocycles. The average Bonchev–Trinajstić information content (AvgIpc) is 2.82. The quantitative estimate of drug-likeness (QED) is 0.838. The molecule has 4 heteroatoms. The van der Waals surface area contributed by atoms with E-state index in [1.165, 1.54) is 0 Å². The molecule has 1 heterocycles. The average molecular weight is 266 g/mol. The number of benzene rings is 1. The Balaban J connectivity index is 1.89. The Morgan fingerprint density at radius 3 is 2.80 bits per heavy atom. The zero-order valence-electron chi connectivity index (χ0n) is 11.2. The Kier molecular flexibility index (Phi) is 3.11. The number of hydrogen-bond donors (Lipinski definition) is 0. The van der Waals surface area contributed by atoms with Crippen molar-refractivity contribution in [1.82, 2.24) is 5.16 Å². The monoisotopic (exact) mass is 266 g/mol. The lowest BCUT2D eigenvalue weighted by Gasteiger charge is -2.15. The minimum Gasteiger partial charge on any atom is -0.360 e. The standard InChI is InChI=1S/C16H14N2O2/c1-10-6-13-16(14(19)7-10)15(20-18-13)8-11-2-4-12(9-17)5-3-11/h2-5,10H,6-8H2,1H3. The highest BCUT2D eigenvalue weighted by atomic mass is 16.5. The summed E-state index contributed by atoms with van der Waals surface area (Å²) in [6.07, 6.45) is 1.90. The van der Waals surface area contributed by atoms with Crippen LogP contribution in [0, 0.1) is 17.2 Å². The first-order chi connectivity index (χ1) is 9.67. The van der Waals surface area contributed by atoms with E-state index in [1.807, 2.05) is 12.1 Å². The third-order valence-electron chi connectivity index (χ3n) is 3.64. The Labute approximate surface area is 117 Å². The van der Waals surface area contributed by atoms with Gasteiger partial charge in [0.15, 0.2) is 11.5 Å². The van der Waals surface area contributed by atoms with Crippen LogP contribution in [0.25, 0.3) is 0 Å². The number of nitrogens with zero attached hydrogens (tertiary/aromatic N) is 2. The van der Waals surface area contributed by atoms with Gasteiger partial charge in [0, 0.05) is 12.8 Å². The molecule has 1 aliphatic rings. The molecule has 0 spiro atoms. The molecule has 1 atom stereocenters. The smallest absolute Gasteiger partial charge is 0.168 e. The summed E-state index contributed by atoms with van der Waals surface area (Å²) in [4.78, 5) is 12.1. The van der Waals surface area contributed by atoms with E-state index in [-0.39, 0.29) is 5.78 Å². The van der Waals surface area contributed by atoms with Gasteiger partial charge in [-0.1, -0.05) is 24.2 Å². The lowest BCUT2D eigenvalue weighted by atomic mass is 9.86. The van der Waals surface area contributed by atoms with Crippen molar-refractivity contribution < 1.29 is 9.32 Å². The summed E-state index contributed by atoms with van der Waals surface area (Å²) in [5.41, 5.74) is 3.09. The SMILES string of the molecule is CC1CC(=O)c2c(noc2Cc2ccc(C#N)cc2)C1. The molecule has 0 N–H and O–H groups in total. The van der Waals surface area contributed by atoms with Crippen LogP contribution < -0.4 is 0 Å². The van der Waals surface area contributed by atoms with E-state index in [9.17, 15) is 4.79 Å². The van der Waals surface area contributed by atoms with Crippen molar-refractivity contribution in [2.75, 3.05) is 0 Å². The number of Topliss-reactive ketones (excluding diaryl/α,β-unsaturated/α-hetero) is 1. The van der Waals surface area contributed by atoms with E-state index in [4.69, 9.17) is 9.78 Å². The van der Waals surface area contributed by atoms with Gasteiger partial charge in [-0.25, -0.2) is 0 Å². The van der Waals surface area contributed by atoms with Gasteiger partial charge < -0.3 is 4.52 Å². The lowest BCUT2D eigenvalue weighted by Crippen LogP contribution is -2.18. The van der Waals surface area contributed by atoms with Gasteiger partial charge in [0.2, 0.25) is 0 Å². The van der Waals surface area contributed by atoms with E-state index in [2.05, 4.69) is 18.1 Å². The molecule has 20 heavy (non-hydrogen) atoms. The summed E-state index contributed by atoms with van der Waals surface area (Å²) in [6.45, 7) is 2.05. The first-order valence-corrected chi connectivity index (χ1v) is 6.67. The van der Waals surface area contributed by atoms with E-state index < -0.39 is 0 Å². The fourth-order valence-corrected chi connectivity index (χ4v) is 2.64. The van der Waals surface area contributed by atoms with Crippen LogP contribution >= 0.6 is 0 Å². The maximum atomic E-state index is 12.1. The van der Waals surface area contributed by atoms with Crippen LogP contribution in [0.15, 0.2) is 28.8 Å². The third kappa shape index (κ3) is 2.23. The van der Waals surface area contributed by atoms with Crippen LogP contribution in [-0.4, -0.2) is 10.9 Å². The number of carbonyl (C=O) groups excluding carboxylic acids is 1. The molecule has 0 radical (unpaired) electrons. The largest absolute Gasteiger partial charge is 0.360 e. The molecule has 100 valence electrons. The fourth-order valence-electron chi connectivity index (χ4n) is 2.64. The minimum atomic E-state index is 0.128. The summed E-state index contributed by atoms with van der Waals surface area (Å²) in [6, 6.07) is 9.37. The van der Waals surface area contributed by atoms with Crippen LogP contribution in [0.1, 0.15) is 46.3 Å². The van der Waals surface area contributed by atoms with Crippen LogP contribution in [0.2, 0.25) is 0 Å². The normalized spacial score (nSPS) is 17.6. The maximum absolute atomic E-state index is 12.1. The lowest BCUT2D eigenvalue weighted by molar-refractivity contribution is 0.0952. The molecule has 0 bridgehead atoms. The zero-order valence-corrected chi connectivity index (χ0v) is 11.2. The van der Waals surface area contributed by atoms with Gasteiger partial charge in [-0.3, -0.25) is 4.79 Å². The van der Waals surface area contributed by atoms with Crippen molar-refractivity contribution in [1.29, 1.82) is 5.26 Å². The predicted octanol–water partition coefficient (Wildman–Crippen LogP) is 2.90. The van der Waals surface area contributed by atoms with Gasteiger partial charge in [0.25, 0.3) is 0 Å². The van der Waals surface area contributed by atoms with Crippen LogP contribution in [0.5, 0.6) is 0 Å². The number of aromatic nitrogens is 1. The Morgan fingerprint density at radius 1 is 1.35 bits per heavy atom. The second kappa shape index (κ2) is 4.93. The van der Waals surface area contributed by atoms with Crippen molar-refractivity contribution in [3.63, 3.8) is 0 Å². The first kappa shape index (κ1) is 12.6. The van der Waals surface area contributed by atoms with Crippen LogP contribution in [-0.2, 0) is 12.8 Å². The summed E-state index contributed by atoms with van der Waals surface area (Å²) < 4.78 is 5.36. The van der Waals surface area contributed by atoms with Gasteiger partial charge >= 0.3 is 0 Å². The Bertz CT molecular complexity index is 692.